The molecular weight excluding hydrogens is 243 g/mol. The van der Waals surface area contributed by atoms with E-state index in [1.54, 1.807) is 0 Å². The van der Waals surface area contributed by atoms with Crippen LogP contribution in [-0.4, -0.2) is 20.3 Å². The number of halogens is 1. The summed E-state index contributed by atoms with van der Waals surface area (Å²) >= 11 is -0.0135. The molecule has 4 rings (SSSR count). The van der Waals surface area contributed by atoms with Crippen LogP contribution in [0.25, 0.3) is 0 Å². The maximum Gasteiger partial charge on any atom is 0.356 e. The smallest absolute Gasteiger partial charge is 0.356 e. The molecule has 0 unspecified atom stereocenters. The summed E-state index contributed by atoms with van der Waals surface area (Å²) in [7, 11) is 0. The Morgan fingerprint density at radius 2 is 2.18 bits per heavy atom. The summed E-state index contributed by atoms with van der Waals surface area (Å²) in [6.07, 6.45) is 2.84. The Labute approximate surface area is 104 Å². The fourth-order valence-corrected chi connectivity index (χ4v) is 3.06. The molecule has 0 atom stereocenters. The molecule has 3 aliphatic carbocycles. The monoisotopic (exact) mass is 258 g/mol. The van der Waals surface area contributed by atoms with Gasteiger partial charge in [0, 0.05) is 5.56 Å². The van der Waals surface area contributed by atoms with Crippen molar-refractivity contribution in [2.45, 2.75) is 39.0 Å². The molecular formula is C11H15FN2O2S. The molecule has 0 radical (unpaired) electrons. The predicted molar refractivity (Wildman–Crippen MR) is 63.8 cm³/mol. The van der Waals surface area contributed by atoms with E-state index in [1.165, 1.54) is 0 Å². The molecule has 17 heavy (non-hydrogen) atoms. The van der Waals surface area contributed by atoms with Crippen LogP contribution in [0.4, 0.5) is 3.89 Å². The second-order valence-electron chi connectivity index (χ2n) is 4.19. The summed E-state index contributed by atoms with van der Waals surface area (Å²) < 4.78 is 13.7. The summed E-state index contributed by atoms with van der Waals surface area (Å²) in [5.41, 5.74) is 1.58. The lowest BCUT2D eigenvalue weighted by atomic mass is 9.64. The minimum absolute atomic E-state index is 0.0135. The van der Waals surface area contributed by atoms with E-state index in [9.17, 15) is 8.68 Å². The van der Waals surface area contributed by atoms with E-state index >= 15 is 0 Å². The van der Waals surface area contributed by atoms with Crippen LogP contribution in [0.1, 0.15) is 54.4 Å². The average Bonchev–Trinajstić information content (AvgIpc) is 2.69. The van der Waals surface area contributed by atoms with Gasteiger partial charge >= 0.3 is 5.97 Å². The van der Waals surface area contributed by atoms with Crippen LogP contribution >= 0.6 is 12.3 Å². The molecule has 0 aliphatic heterocycles. The van der Waals surface area contributed by atoms with Gasteiger partial charge in [0.15, 0.2) is 18.0 Å². The van der Waals surface area contributed by atoms with Gasteiger partial charge in [-0.15, -0.1) is 3.89 Å². The number of hydrogen-bond donors (Lipinski definition) is 1. The summed E-state index contributed by atoms with van der Waals surface area (Å²) in [6, 6.07) is 0. The van der Waals surface area contributed by atoms with Crippen LogP contribution in [0.2, 0.25) is 0 Å². The van der Waals surface area contributed by atoms with Crippen LogP contribution in [0.5, 0.6) is 0 Å². The highest BCUT2D eigenvalue weighted by molar-refractivity contribution is 7.92. The highest BCUT2D eigenvalue weighted by Crippen LogP contribution is 2.51. The summed E-state index contributed by atoms with van der Waals surface area (Å²) in [6.45, 7) is 4.00. The van der Waals surface area contributed by atoms with Crippen molar-refractivity contribution in [2.75, 3.05) is 0 Å². The lowest BCUT2D eigenvalue weighted by Gasteiger charge is -2.40. The molecule has 0 amide bonds. The number of rotatable bonds is 2. The van der Waals surface area contributed by atoms with Crippen molar-refractivity contribution < 1.29 is 13.8 Å². The van der Waals surface area contributed by atoms with Crippen molar-refractivity contribution in [3.8, 4) is 0 Å². The van der Waals surface area contributed by atoms with Crippen LogP contribution in [0.15, 0.2) is 0 Å². The molecule has 3 aliphatic rings. The molecule has 0 aromatic carbocycles. The Bertz CT molecular complexity index is 441. The first-order chi connectivity index (χ1) is 8.20. The van der Waals surface area contributed by atoms with Crippen LogP contribution in [-0.2, 0) is 6.42 Å². The quantitative estimate of drug-likeness (QED) is 0.885. The van der Waals surface area contributed by atoms with Gasteiger partial charge in [-0.3, -0.25) is 0 Å². The largest absolute Gasteiger partial charge is 0.476 e. The molecule has 0 spiro atoms. The van der Waals surface area contributed by atoms with E-state index in [1.807, 2.05) is 13.8 Å². The van der Waals surface area contributed by atoms with Crippen LogP contribution in [0, 0.1) is 5.92 Å². The average molecular weight is 258 g/mol. The minimum Gasteiger partial charge on any atom is -0.476 e. The normalized spacial score (nSPS) is 24.2. The van der Waals surface area contributed by atoms with Gasteiger partial charge in [0.05, 0.1) is 5.69 Å². The maximum absolute atomic E-state index is 12.6. The summed E-state index contributed by atoms with van der Waals surface area (Å²) in [4.78, 5) is 11.0. The van der Waals surface area contributed by atoms with Gasteiger partial charge in [-0.2, -0.15) is 9.19 Å². The Morgan fingerprint density at radius 3 is 2.71 bits per heavy atom. The third-order valence-electron chi connectivity index (χ3n) is 3.38. The molecule has 1 aromatic rings. The van der Waals surface area contributed by atoms with E-state index in [0.29, 0.717) is 11.8 Å². The highest BCUT2D eigenvalue weighted by atomic mass is 32.2. The maximum atomic E-state index is 12.6. The first kappa shape index (κ1) is 12.4. The number of carbonyl (C=O) groups is 1. The zero-order chi connectivity index (χ0) is 12.6. The van der Waals surface area contributed by atoms with E-state index in [4.69, 9.17) is 5.11 Å². The van der Waals surface area contributed by atoms with Gasteiger partial charge in [-0.05, 0) is 31.1 Å². The second-order valence-corrected chi connectivity index (χ2v) is 4.68. The molecule has 1 heterocycles. The van der Waals surface area contributed by atoms with Gasteiger partial charge < -0.3 is 5.11 Å². The van der Waals surface area contributed by atoms with Gasteiger partial charge in [-0.25, -0.2) is 4.79 Å². The number of carboxylic acids is 1. The van der Waals surface area contributed by atoms with Gasteiger partial charge in [0.25, 0.3) is 0 Å². The lowest BCUT2D eigenvalue weighted by molar-refractivity contribution is 0.0686. The summed E-state index contributed by atoms with van der Waals surface area (Å²) in [5.74, 6) is -0.151. The van der Waals surface area contributed by atoms with Crippen molar-refractivity contribution in [3.05, 3.63) is 17.0 Å². The first-order valence-corrected chi connectivity index (χ1v) is 6.52. The fraction of sp³-hybridized carbons (Fsp3) is 0.636. The standard InChI is InChI=1S/C9H9FN2O2S.C2H6/c10-15-12-6-3-4-1-5(2-4)7(6)8(11-12)9(13)14;1-2/h4-5H,1-3H2,(H,13,14);1-2H3. The van der Waals surface area contributed by atoms with Crippen molar-refractivity contribution in [1.82, 2.24) is 9.19 Å². The van der Waals surface area contributed by atoms with Crippen LogP contribution in [0.3, 0.4) is 0 Å². The number of carboxylic acid groups (broad SMARTS) is 1. The topological polar surface area (TPSA) is 55.1 Å². The third-order valence-corrected chi connectivity index (χ3v) is 3.81. The minimum atomic E-state index is -1.05. The number of nitrogens with zero attached hydrogens (tertiary/aromatic N) is 2. The highest BCUT2D eigenvalue weighted by Gasteiger charge is 2.43. The number of aromatic carboxylic acids is 1. The molecule has 1 aromatic heterocycles. The fourth-order valence-electron chi connectivity index (χ4n) is 2.69. The van der Waals surface area contributed by atoms with Gasteiger partial charge in [-0.1, -0.05) is 13.8 Å². The van der Waals surface area contributed by atoms with Crippen molar-refractivity contribution in [2.24, 2.45) is 5.92 Å². The molecule has 1 saturated carbocycles. The number of aromatic nitrogens is 2. The SMILES string of the molecule is CC.O=C(O)c1nn(SF)c2c1C1CC(C2)C1. The molecule has 4 nitrogen and oxygen atoms in total. The van der Waals surface area contributed by atoms with Crippen molar-refractivity contribution in [1.29, 1.82) is 0 Å². The van der Waals surface area contributed by atoms with E-state index in [2.05, 4.69) is 5.10 Å². The molecule has 6 heteroatoms. The molecule has 94 valence electrons. The van der Waals surface area contributed by atoms with Gasteiger partial charge in [0.2, 0.25) is 0 Å². The van der Waals surface area contributed by atoms with E-state index in [0.717, 1.165) is 34.6 Å². The lowest BCUT2D eigenvalue weighted by Crippen LogP contribution is -2.31. The molecule has 1 fully saturated rings. The van der Waals surface area contributed by atoms with E-state index < -0.39 is 5.97 Å². The Morgan fingerprint density at radius 1 is 1.53 bits per heavy atom. The Kier molecular flexibility index (Phi) is 3.42. The van der Waals surface area contributed by atoms with Gasteiger partial charge in [0.1, 0.15) is 0 Å². The Balaban J connectivity index is 0.000000514. The zero-order valence-electron chi connectivity index (χ0n) is 9.81. The van der Waals surface area contributed by atoms with E-state index in [-0.39, 0.29) is 18.0 Å². The predicted octanol–water partition coefficient (Wildman–Crippen LogP) is 3.04. The van der Waals surface area contributed by atoms with Crippen molar-refractivity contribution >= 4 is 18.3 Å². The van der Waals surface area contributed by atoms with Crippen LogP contribution < -0.4 is 0 Å². The Hall–Kier alpha value is -1.04. The molecule has 0 saturated heterocycles. The zero-order valence-corrected chi connectivity index (χ0v) is 10.6. The first-order valence-electron chi connectivity index (χ1n) is 5.85. The number of hydrogen-bond acceptors (Lipinski definition) is 3. The van der Waals surface area contributed by atoms with Crippen molar-refractivity contribution in [3.63, 3.8) is 0 Å². The summed E-state index contributed by atoms with van der Waals surface area (Å²) in [5, 5.41) is 12.8. The second kappa shape index (κ2) is 4.68. The third kappa shape index (κ3) is 1.84. The molecule has 1 N–H and O–H groups in total. The molecule has 2 bridgehead atoms.